The van der Waals surface area contributed by atoms with Gasteiger partial charge in [-0.3, -0.25) is 0 Å². The topological polar surface area (TPSA) is 48.0 Å². The molecule has 0 radical (unpaired) electrons. The third-order valence-corrected chi connectivity index (χ3v) is 19.6. The van der Waals surface area contributed by atoms with Crippen LogP contribution in [0.25, 0.3) is 11.1 Å². The molecule has 6 fully saturated rings. The van der Waals surface area contributed by atoms with Crippen LogP contribution in [0.3, 0.4) is 0 Å². The summed E-state index contributed by atoms with van der Waals surface area (Å²) >= 11 is 0.462. The van der Waals surface area contributed by atoms with Gasteiger partial charge in [-0.25, -0.2) is 0 Å². The van der Waals surface area contributed by atoms with Gasteiger partial charge in [-0.2, -0.15) is 0 Å². The Kier molecular flexibility index (Phi) is 3.37. The van der Waals surface area contributed by atoms with E-state index in [2.05, 4.69) is 48.5 Å². The molecule has 6 heterocycles. The van der Waals surface area contributed by atoms with E-state index >= 15 is 0 Å². The van der Waals surface area contributed by atoms with E-state index < -0.39 is 0 Å². The SMILES string of the molecule is O=C(OCC1c2ccccc2-c2ccccc21)N1CC2(C1)OCCCOC[C]13[Co]4[Co]1[C]423. The normalized spacial score (nSPS) is 34.9. The molecule has 31 heavy (non-hydrogen) atoms. The molecule has 2 aromatic carbocycles. The summed E-state index contributed by atoms with van der Waals surface area (Å²) in [6, 6.07) is 16.9. The van der Waals surface area contributed by atoms with Gasteiger partial charge in [-0.05, 0) is 0 Å². The molecule has 0 N–H and O–H groups in total. The summed E-state index contributed by atoms with van der Waals surface area (Å²) < 4.78 is 19.2. The van der Waals surface area contributed by atoms with Crippen LogP contribution in [-0.2, 0) is 38.0 Å². The summed E-state index contributed by atoms with van der Waals surface area (Å²) in [5, 5.41) is 0. The van der Waals surface area contributed by atoms with Gasteiger partial charge >= 0.3 is 189 Å². The molecular formula is C24H23Co2NO4. The molecule has 9 rings (SSSR count). The second-order valence-corrected chi connectivity index (χ2v) is 17.1. The molecule has 0 atom stereocenters. The van der Waals surface area contributed by atoms with Crippen LogP contribution in [0.15, 0.2) is 48.5 Å². The van der Waals surface area contributed by atoms with Gasteiger partial charge in [0.2, 0.25) is 0 Å². The summed E-state index contributed by atoms with van der Waals surface area (Å²) in [6.45, 7) is 4.33. The molecular weight excluding hydrogens is 484 g/mol. The maximum atomic E-state index is 12.9. The van der Waals surface area contributed by atoms with E-state index in [0.29, 0.717) is 26.3 Å². The van der Waals surface area contributed by atoms with Crippen molar-refractivity contribution < 1.29 is 42.8 Å². The van der Waals surface area contributed by atoms with Crippen molar-refractivity contribution in [2.45, 2.75) is 24.5 Å². The van der Waals surface area contributed by atoms with E-state index in [1.807, 2.05) is 4.90 Å². The van der Waals surface area contributed by atoms with Crippen molar-refractivity contribution in [1.29, 1.82) is 0 Å². The molecule has 0 unspecified atom stereocenters. The van der Waals surface area contributed by atoms with Crippen molar-refractivity contribution in [3.63, 3.8) is 0 Å². The molecule has 3 spiro atoms. The van der Waals surface area contributed by atoms with E-state index in [1.165, 1.54) is 22.3 Å². The third kappa shape index (κ3) is 2.01. The predicted molar refractivity (Wildman–Crippen MR) is 106 cm³/mol. The van der Waals surface area contributed by atoms with E-state index in [0.717, 1.165) is 26.2 Å². The number of hydrogen-bond acceptors (Lipinski definition) is 4. The quantitative estimate of drug-likeness (QED) is 0.620. The number of carbonyl (C=O) groups is 1. The van der Waals surface area contributed by atoms with Crippen LogP contribution < -0.4 is 0 Å². The Morgan fingerprint density at radius 3 is 2.42 bits per heavy atom. The van der Waals surface area contributed by atoms with Crippen LogP contribution in [0.2, 0.25) is 6.57 Å². The molecule has 7 aliphatic rings. The summed E-state index contributed by atoms with van der Waals surface area (Å²) in [7, 11) is 0. The fourth-order valence-corrected chi connectivity index (χ4v) is 20.5. The number of ether oxygens (including phenoxy) is 3. The molecule has 0 saturated carbocycles. The van der Waals surface area contributed by atoms with Crippen molar-refractivity contribution in [2.75, 3.05) is 39.5 Å². The van der Waals surface area contributed by atoms with Crippen LogP contribution in [0.1, 0.15) is 23.5 Å². The summed E-state index contributed by atoms with van der Waals surface area (Å²) in [4.78, 5) is 14.8. The second kappa shape index (κ2) is 5.76. The first-order chi connectivity index (χ1) is 15.2. The number of rotatable bonds is 2. The Hall–Kier alpha value is -1.36. The van der Waals surface area contributed by atoms with Crippen LogP contribution in [0.4, 0.5) is 4.79 Å². The van der Waals surface area contributed by atoms with Gasteiger partial charge in [0.15, 0.2) is 0 Å². The Morgan fingerprint density at radius 1 is 1.03 bits per heavy atom. The van der Waals surface area contributed by atoms with Gasteiger partial charge in [-0.15, -0.1) is 0 Å². The van der Waals surface area contributed by atoms with Crippen molar-refractivity contribution >= 4 is 6.09 Å². The summed E-state index contributed by atoms with van der Waals surface area (Å²) in [5.74, 6) is 0.110. The standard InChI is InChI=1S/C24H23NO4.2Co/c26-23(25-16-24(17-25)11-5-12-27-13-6-14-29-24)28-15-22-20-9-3-1-7-18(20)19-8-2-4-10-21(19)22;;/h1-4,7-10,22H,6,12-17H2;;. The van der Waals surface area contributed by atoms with Crippen molar-refractivity contribution in [1.82, 2.24) is 4.90 Å². The fraction of sp³-hybridized carbons (Fsp3) is 0.458. The van der Waals surface area contributed by atoms with Gasteiger partial charge in [0.1, 0.15) is 0 Å². The zero-order valence-corrected chi connectivity index (χ0v) is 19.0. The van der Waals surface area contributed by atoms with E-state index in [1.54, 1.807) is 0 Å². The molecule has 1 amide bonds. The van der Waals surface area contributed by atoms with E-state index in [9.17, 15) is 4.79 Å². The molecule has 0 bridgehead atoms. The Labute approximate surface area is 188 Å². The van der Waals surface area contributed by atoms with Crippen LogP contribution in [0, 0.1) is 0 Å². The average molecular weight is 507 g/mol. The zero-order valence-electron chi connectivity index (χ0n) is 16.9. The molecule has 6 saturated heterocycles. The Balaban J connectivity index is 0.976. The monoisotopic (exact) mass is 507 g/mol. The first kappa shape index (κ1) is 18.1. The minimum atomic E-state index is -0.189. The molecule has 7 heteroatoms. The van der Waals surface area contributed by atoms with Gasteiger partial charge in [0.05, 0.1) is 0 Å². The van der Waals surface area contributed by atoms with Crippen molar-refractivity contribution in [3.05, 3.63) is 59.7 Å². The number of hydrogen-bond donors (Lipinski definition) is 0. The molecule has 1 aliphatic carbocycles. The number of likely N-dealkylation sites (tertiary alicyclic amines) is 1. The third-order valence-electron chi connectivity index (χ3n) is 7.34. The first-order valence-electron chi connectivity index (χ1n) is 10.9. The molecule has 2 aromatic rings. The van der Waals surface area contributed by atoms with E-state index in [4.69, 9.17) is 14.2 Å². The first-order valence-corrected chi connectivity index (χ1v) is 14.7. The van der Waals surface area contributed by atoms with Gasteiger partial charge in [0.25, 0.3) is 0 Å². The molecule has 166 valence electrons. The molecule has 6 aliphatic heterocycles. The maximum absolute atomic E-state index is 12.9. The van der Waals surface area contributed by atoms with Crippen molar-refractivity contribution in [3.8, 4) is 11.1 Å². The van der Waals surface area contributed by atoms with Gasteiger partial charge in [-0.1, -0.05) is 0 Å². The minimum absolute atomic E-state index is 0.0817. The Morgan fingerprint density at radius 2 is 1.71 bits per heavy atom. The summed E-state index contributed by atoms with van der Waals surface area (Å²) in [6.07, 6.45) is 0.763. The number of nitrogens with zero attached hydrogens (tertiary/aromatic N) is 1. The number of amides is 1. The number of benzene rings is 2. The van der Waals surface area contributed by atoms with Crippen LogP contribution in [-0.4, -0.2) is 56.1 Å². The second-order valence-electron chi connectivity index (χ2n) is 8.95. The molecule has 5 nitrogen and oxygen atoms in total. The summed E-state index contributed by atoms with van der Waals surface area (Å²) in [5.41, 5.74) is 4.94. The van der Waals surface area contributed by atoms with E-state index in [-0.39, 0.29) is 41.4 Å². The number of fused-ring (bicyclic) bond motifs is 3. The van der Waals surface area contributed by atoms with Gasteiger partial charge in [0, 0.05) is 0 Å². The van der Waals surface area contributed by atoms with Crippen LogP contribution in [0.5, 0.6) is 0 Å². The van der Waals surface area contributed by atoms with Gasteiger partial charge < -0.3 is 0 Å². The predicted octanol–water partition coefficient (Wildman–Crippen LogP) is 3.85. The fourth-order valence-electron chi connectivity index (χ4n) is 5.71. The molecule has 0 aromatic heterocycles. The number of carbonyl (C=O) groups excluding carboxylic acids is 1. The Bertz CT molecular complexity index is 1090. The average Bonchev–Trinajstić information content (AvgIpc) is 3.71. The zero-order chi connectivity index (χ0) is 20.4. The van der Waals surface area contributed by atoms with Crippen LogP contribution >= 0.6 is 0 Å². The van der Waals surface area contributed by atoms with Crippen molar-refractivity contribution in [2.24, 2.45) is 0 Å².